The number of hydrogen-bond donors (Lipinski definition) is 3. The van der Waals surface area contributed by atoms with Crippen molar-refractivity contribution in [1.29, 1.82) is 0 Å². The van der Waals surface area contributed by atoms with Gasteiger partial charge in [0.2, 0.25) is 0 Å². The molecule has 1 aromatic heterocycles. The highest BCUT2D eigenvalue weighted by atomic mass is 19.1. The summed E-state index contributed by atoms with van der Waals surface area (Å²) in [6, 6.07) is 7.57. The Hall–Kier alpha value is -2.94. The van der Waals surface area contributed by atoms with Gasteiger partial charge in [-0.15, -0.1) is 5.10 Å². The zero-order valence-corrected chi connectivity index (χ0v) is 15.9. The van der Waals surface area contributed by atoms with Crippen molar-refractivity contribution in [1.82, 2.24) is 20.0 Å². The molecule has 1 saturated carbocycles. The van der Waals surface area contributed by atoms with Crippen LogP contribution in [0.1, 0.15) is 25.5 Å². The zero-order valence-electron chi connectivity index (χ0n) is 15.9. The number of aryl methyl sites for hydroxylation is 1. The first-order chi connectivity index (χ1) is 13.4. The number of hydrogen-bond acceptors (Lipinski definition) is 4. The molecular formula is C19H24FN5O3. The van der Waals surface area contributed by atoms with Gasteiger partial charge in [-0.2, -0.15) is 0 Å². The van der Waals surface area contributed by atoms with E-state index >= 15 is 0 Å². The largest absolute Gasteiger partial charge is 0.480 e. The Kier molecular flexibility index (Phi) is 5.93. The van der Waals surface area contributed by atoms with E-state index in [-0.39, 0.29) is 30.5 Å². The number of carboxylic acid groups (broad SMARTS) is 1. The summed E-state index contributed by atoms with van der Waals surface area (Å²) in [5, 5.41) is 18.8. The number of carbonyl (C=O) groups is 2. The number of benzene rings is 1. The standard InChI is InChI=1S/C19H24FN5O3/c1-3-24(11-18(26)27)16-9-14(10-16)21-19(28)22-17-7-12(2)25(23-17)15-6-4-5-13(20)8-15/h4-8,14,16H,3,9-11H2,1-2H3,(H,26,27)(H2,21,22,23,28). The molecule has 0 saturated heterocycles. The highest BCUT2D eigenvalue weighted by Crippen LogP contribution is 2.25. The molecule has 0 spiro atoms. The van der Waals surface area contributed by atoms with E-state index in [4.69, 9.17) is 5.11 Å². The molecule has 8 nitrogen and oxygen atoms in total. The van der Waals surface area contributed by atoms with Crippen LogP contribution in [0.3, 0.4) is 0 Å². The van der Waals surface area contributed by atoms with Crippen molar-refractivity contribution in [2.75, 3.05) is 18.4 Å². The van der Waals surface area contributed by atoms with Crippen LogP contribution in [-0.2, 0) is 4.79 Å². The number of likely N-dealkylation sites (N-methyl/N-ethyl adjacent to an activating group) is 1. The lowest BCUT2D eigenvalue weighted by Crippen LogP contribution is -2.55. The van der Waals surface area contributed by atoms with Crippen molar-refractivity contribution < 1.29 is 19.1 Å². The first-order valence-corrected chi connectivity index (χ1v) is 9.21. The molecule has 1 heterocycles. The molecule has 3 N–H and O–H groups in total. The Morgan fingerprint density at radius 3 is 2.75 bits per heavy atom. The molecule has 1 aliphatic carbocycles. The van der Waals surface area contributed by atoms with Crippen LogP contribution >= 0.6 is 0 Å². The maximum absolute atomic E-state index is 13.4. The zero-order chi connectivity index (χ0) is 20.3. The smallest absolute Gasteiger partial charge is 0.320 e. The quantitative estimate of drug-likeness (QED) is 0.675. The summed E-state index contributed by atoms with van der Waals surface area (Å²) in [6.45, 7) is 4.41. The molecule has 1 aliphatic rings. The fourth-order valence-corrected chi connectivity index (χ4v) is 3.42. The first kappa shape index (κ1) is 19.8. The normalized spacial score (nSPS) is 18.6. The van der Waals surface area contributed by atoms with Crippen LogP contribution in [0.5, 0.6) is 0 Å². The van der Waals surface area contributed by atoms with Gasteiger partial charge in [-0.3, -0.25) is 15.0 Å². The SMILES string of the molecule is CCN(CC(=O)O)C1CC(NC(=O)Nc2cc(C)n(-c3cccc(F)c3)n2)C1. The predicted octanol–water partition coefficient (Wildman–Crippen LogP) is 2.38. The van der Waals surface area contributed by atoms with Crippen molar-refractivity contribution in [3.05, 3.63) is 41.8 Å². The highest BCUT2D eigenvalue weighted by molar-refractivity contribution is 5.88. The van der Waals surface area contributed by atoms with Gasteiger partial charge in [0, 0.05) is 23.8 Å². The Labute approximate surface area is 162 Å². The van der Waals surface area contributed by atoms with Crippen LogP contribution in [0.2, 0.25) is 0 Å². The molecule has 1 fully saturated rings. The van der Waals surface area contributed by atoms with Crippen molar-refractivity contribution in [3.8, 4) is 5.69 Å². The van der Waals surface area contributed by atoms with Gasteiger partial charge in [0.1, 0.15) is 5.82 Å². The van der Waals surface area contributed by atoms with Crippen LogP contribution in [0, 0.1) is 12.7 Å². The minimum atomic E-state index is -0.847. The number of halogens is 1. The Morgan fingerprint density at radius 2 is 2.11 bits per heavy atom. The molecule has 150 valence electrons. The number of aliphatic carboxylic acids is 1. The molecule has 2 aromatic rings. The molecule has 1 aromatic carbocycles. The third-order valence-corrected chi connectivity index (χ3v) is 4.89. The Bertz CT molecular complexity index is 863. The molecule has 9 heteroatoms. The van der Waals surface area contributed by atoms with E-state index in [1.54, 1.807) is 22.9 Å². The van der Waals surface area contributed by atoms with Gasteiger partial charge in [0.05, 0.1) is 12.2 Å². The molecular weight excluding hydrogens is 365 g/mol. The van der Waals surface area contributed by atoms with E-state index in [2.05, 4.69) is 15.7 Å². The van der Waals surface area contributed by atoms with Crippen molar-refractivity contribution in [2.24, 2.45) is 0 Å². The fourth-order valence-electron chi connectivity index (χ4n) is 3.42. The molecule has 0 radical (unpaired) electrons. The predicted molar refractivity (Wildman–Crippen MR) is 102 cm³/mol. The van der Waals surface area contributed by atoms with Crippen molar-refractivity contribution in [2.45, 2.75) is 38.8 Å². The number of anilines is 1. The number of rotatable bonds is 7. The maximum Gasteiger partial charge on any atom is 0.320 e. The number of aromatic nitrogens is 2. The van der Waals surface area contributed by atoms with Gasteiger partial charge in [0.25, 0.3) is 0 Å². The average Bonchev–Trinajstić information content (AvgIpc) is 2.96. The minimum Gasteiger partial charge on any atom is -0.480 e. The van der Waals surface area contributed by atoms with Crippen LogP contribution in [-0.4, -0.2) is 57.0 Å². The van der Waals surface area contributed by atoms with Crippen LogP contribution < -0.4 is 10.6 Å². The van der Waals surface area contributed by atoms with Gasteiger partial charge in [-0.25, -0.2) is 13.9 Å². The summed E-state index contributed by atoms with van der Waals surface area (Å²) in [5.41, 5.74) is 1.34. The summed E-state index contributed by atoms with van der Waals surface area (Å²) in [4.78, 5) is 25.0. The Morgan fingerprint density at radius 1 is 1.36 bits per heavy atom. The summed E-state index contributed by atoms with van der Waals surface area (Å²) >= 11 is 0. The molecule has 28 heavy (non-hydrogen) atoms. The van der Waals surface area contributed by atoms with E-state index in [0.29, 0.717) is 30.9 Å². The number of nitrogens with zero attached hydrogens (tertiary/aromatic N) is 3. The number of nitrogens with one attached hydrogen (secondary N) is 2. The first-order valence-electron chi connectivity index (χ1n) is 9.21. The lowest BCUT2D eigenvalue weighted by Gasteiger charge is -2.42. The number of carbonyl (C=O) groups excluding carboxylic acids is 1. The molecule has 0 aliphatic heterocycles. The third-order valence-electron chi connectivity index (χ3n) is 4.89. The second kappa shape index (κ2) is 8.39. The van der Waals surface area contributed by atoms with Gasteiger partial charge in [-0.1, -0.05) is 13.0 Å². The Balaban J connectivity index is 1.53. The van der Waals surface area contributed by atoms with Crippen molar-refractivity contribution >= 4 is 17.8 Å². The second-order valence-electron chi connectivity index (χ2n) is 6.94. The highest BCUT2D eigenvalue weighted by Gasteiger charge is 2.34. The third kappa shape index (κ3) is 4.66. The lowest BCUT2D eigenvalue weighted by molar-refractivity contribution is -0.139. The van der Waals surface area contributed by atoms with E-state index in [1.807, 2.05) is 18.7 Å². The topological polar surface area (TPSA) is 99.5 Å². The second-order valence-corrected chi connectivity index (χ2v) is 6.94. The summed E-state index contributed by atoms with van der Waals surface area (Å²) in [6.07, 6.45) is 1.43. The lowest BCUT2D eigenvalue weighted by atomic mass is 9.85. The minimum absolute atomic E-state index is 0.000697. The molecule has 2 amide bonds. The van der Waals surface area contributed by atoms with Crippen molar-refractivity contribution in [3.63, 3.8) is 0 Å². The average molecular weight is 389 g/mol. The number of urea groups is 1. The van der Waals surface area contributed by atoms with E-state index in [1.165, 1.54) is 12.1 Å². The van der Waals surface area contributed by atoms with E-state index in [0.717, 1.165) is 5.69 Å². The van der Waals surface area contributed by atoms with Crippen LogP contribution in [0.4, 0.5) is 15.0 Å². The molecule has 0 bridgehead atoms. The van der Waals surface area contributed by atoms with Crippen LogP contribution in [0.15, 0.2) is 30.3 Å². The summed E-state index contributed by atoms with van der Waals surface area (Å²) < 4.78 is 15.0. The van der Waals surface area contributed by atoms with Gasteiger partial charge in [-0.05, 0) is 44.5 Å². The van der Waals surface area contributed by atoms with Gasteiger partial charge >= 0.3 is 12.0 Å². The number of amides is 2. The van der Waals surface area contributed by atoms with Gasteiger partial charge in [0.15, 0.2) is 5.82 Å². The summed E-state index contributed by atoms with van der Waals surface area (Å²) in [5.74, 6) is -0.834. The van der Waals surface area contributed by atoms with Crippen LogP contribution in [0.25, 0.3) is 5.69 Å². The maximum atomic E-state index is 13.4. The fraction of sp³-hybridized carbons (Fsp3) is 0.421. The summed E-state index contributed by atoms with van der Waals surface area (Å²) in [7, 11) is 0. The van der Waals surface area contributed by atoms with E-state index < -0.39 is 5.97 Å². The molecule has 0 atom stereocenters. The molecule has 3 rings (SSSR count). The van der Waals surface area contributed by atoms with Gasteiger partial charge < -0.3 is 10.4 Å². The molecule has 0 unspecified atom stereocenters. The monoisotopic (exact) mass is 389 g/mol. The van der Waals surface area contributed by atoms with E-state index in [9.17, 15) is 14.0 Å². The number of carboxylic acids is 1.